The highest BCUT2D eigenvalue weighted by atomic mass is 32.2. The summed E-state index contributed by atoms with van der Waals surface area (Å²) in [4.78, 5) is 2.55. The highest BCUT2D eigenvalue weighted by Gasteiger charge is 2.21. The van der Waals surface area contributed by atoms with Crippen LogP contribution in [-0.4, -0.2) is 62.4 Å². The number of hydrogen-bond donors (Lipinski definition) is 2. The molecule has 1 atom stereocenters. The molecule has 1 saturated heterocycles. The first kappa shape index (κ1) is 16.4. The minimum absolute atomic E-state index is 0.224. The van der Waals surface area contributed by atoms with E-state index in [1.54, 1.807) is 10.9 Å². The largest absolute Gasteiger partial charge is 0.318 e. The molecular formula is C13H25N5O2S. The summed E-state index contributed by atoms with van der Waals surface area (Å²) in [5.74, 6) is 0. The van der Waals surface area contributed by atoms with Gasteiger partial charge >= 0.3 is 0 Å². The monoisotopic (exact) mass is 315 g/mol. The highest BCUT2D eigenvalue weighted by molar-refractivity contribution is 7.89. The molecule has 8 heteroatoms. The third-order valence-electron chi connectivity index (χ3n) is 3.84. The molecular weight excluding hydrogens is 290 g/mol. The van der Waals surface area contributed by atoms with Crippen molar-refractivity contribution >= 4 is 10.0 Å². The van der Waals surface area contributed by atoms with Crippen LogP contribution in [0.2, 0.25) is 0 Å². The van der Waals surface area contributed by atoms with Crippen LogP contribution >= 0.6 is 0 Å². The van der Waals surface area contributed by atoms with Gasteiger partial charge < -0.3 is 5.32 Å². The lowest BCUT2D eigenvalue weighted by atomic mass is 10.3. The molecule has 0 saturated carbocycles. The van der Waals surface area contributed by atoms with Crippen LogP contribution in [-0.2, 0) is 16.6 Å². The van der Waals surface area contributed by atoms with Crippen LogP contribution in [0.4, 0.5) is 0 Å². The summed E-state index contributed by atoms with van der Waals surface area (Å²) in [6.45, 7) is 6.01. The maximum Gasteiger partial charge on any atom is 0.243 e. The maximum absolute atomic E-state index is 12.2. The molecule has 1 fully saturated rings. The number of likely N-dealkylation sites (N-methyl/N-ethyl adjacent to an activating group) is 1. The van der Waals surface area contributed by atoms with Gasteiger partial charge in [-0.25, -0.2) is 13.1 Å². The Hall–Kier alpha value is -0.960. The lowest BCUT2D eigenvalue weighted by molar-refractivity contribution is 0.260. The van der Waals surface area contributed by atoms with Crippen molar-refractivity contribution in [2.45, 2.75) is 37.2 Å². The minimum atomic E-state index is -3.47. The van der Waals surface area contributed by atoms with Crippen molar-refractivity contribution in [1.29, 1.82) is 0 Å². The summed E-state index contributed by atoms with van der Waals surface area (Å²) in [6, 6.07) is 0.224. The topological polar surface area (TPSA) is 79.3 Å². The average molecular weight is 315 g/mol. The fourth-order valence-corrected chi connectivity index (χ4v) is 3.53. The van der Waals surface area contributed by atoms with Gasteiger partial charge in [-0.2, -0.15) is 5.10 Å². The van der Waals surface area contributed by atoms with Crippen molar-refractivity contribution in [3.8, 4) is 0 Å². The van der Waals surface area contributed by atoms with Gasteiger partial charge in [0.25, 0.3) is 0 Å². The van der Waals surface area contributed by atoms with E-state index in [1.807, 2.05) is 7.05 Å². The Labute approximate surface area is 126 Å². The molecule has 21 heavy (non-hydrogen) atoms. The van der Waals surface area contributed by atoms with Crippen molar-refractivity contribution < 1.29 is 8.42 Å². The van der Waals surface area contributed by atoms with E-state index in [-0.39, 0.29) is 10.9 Å². The molecule has 0 aromatic carbocycles. The summed E-state index contributed by atoms with van der Waals surface area (Å²) in [7, 11) is -1.62. The van der Waals surface area contributed by atoms with Crippen molar-refractivity contribution in [3.05, 3.63) is 12.4 Å². The lowest BCUT2D eigenvalue weighted by Gasteiger charge is -2.23. The fraction of sp³-hybridized carbons (Fsp3) is 0.769. The highest BCUT2D eigenvalue weighted by Crippen LogP contribution is 2.12. The Morgan fingerprint density at radius 1 is 1.38 bits per heavy atom. The molecule has 2 rings (SSSR count). The third-order valence-corrected chi connectivity index (χ3v) is 5.22. The van der Waals surface area contributed by atoms with Crippen LogP contribution in [0.1, 0.15) is 19.8 Å². The first-order valence-electron chi connectivity index (χ1n) is 7.43. The lowest BCUT2D eigenvalue weighted by Crippen LogP contribution is -2.40. The molecule has 1 unspecified atom stereocenters. The predicted octanol–water partition coefficient (Wildman–Crippen LogP) is -0.135. The zero-order valence-corrected chi connectivity index (χ0v) is 13.6. The van der Waals surface area contributed by atoms with E-state index in [9.17, 15) is 8.42 Å². The molecule has 0 amide bonds. The summed E-state index contributed by atoms with van der Waals surface area (Å²) < 4.78 is 28.8. The van der Waals surface area contributed by atoms with Gasteiger partial charge in [-0.15, -0.1) is 0 Å². The van der Waals surface area contributed by atoms with Gasteiger partial charge in [-0.05, 0) is 39.9 Å². The number of hydrogen-bond acceptors (Lipinski definition) is 5. The Morgan fingerprint density at radius 3 is 2.76 bits per heavy atom. The summed E-state index contributed by atoms with van der Waals surface area (Å²) in [5.41, 5.74) is 0. The van der Waals surface area contributed by atoms with Crippen LogP contribution in [0.5, 0.6) is 0 Å². The molecule has 0 bridgehead atoms. The Balaban J connectivity index is 1.90. The zero-order valence-electron chi connectivity index (χ0n) is 12.7. The number of aromatic nitrogens is 2. The SMILES string of the molecule is CNCCn1cc(S(=O)(=O)NCC(C)N2CCCC2)cn1. The summed E-state index contributed by atoms with van der Waals surface area (Å²) in [6.07, 6.45) is 5.38. The van der Waals surface area contributed by atoms with Crippen molar-refractivity contribution in [2.75, 3.05) is 33.2 Å². The zero-order chi connectivity index (χ0) is 15.3. The van der Waals surface area contributed by atoms with E-state index in [1.165, 1.54) is 19.0 Å². The number of likely N-dealkylation sites (tertiary alicyclic amines) is 1. The van der Waals surface area contributed by atoms with Gasteiger partial charge in [0.15, 0.2) is 0 Å². The normalized spacial score (nSPS) is 18.2. The molecule has 1 aromatic heterocycles. The predicted molar refractivity (Wildman–Crippen MR) is 81.6 cm³/mol. The molecule has 2 N–H and O–H groups in total. The van der Waals surface area contributed by atoms with Gasteiger partial charge in [0, 0.05) is 25.3 Å². The van der Waals surface area contributed by atoms with Crippen LogP contribution in [0, 0.1) is 0 Å². The third kappa shape index (κ3) is 4.50. The molecule has 0 radical (unpaired) electrons. The molecule has 1 aliphatic rings. The molecule has 120 valence electrons. The number of nitrogens with one attached hydrogen (secondary N) is 2. The van der Waals surface area contributed by atoms with E-state index in [0.29, 0.717) is 13.1 Å². The fourth-order valence-electron chi connectivity index (χ4n) is 2.46. The van der Waals surface area contributed by atoms with Crippen molar-refractivity contribution in [2.24, 2.45) is 0 Å². The maximum atomic E-state index is 12.2. The molecule has 2 heterocycles. The minimum Gasteiger partial charge on any atom is -0.318 e. The van der Waals surface area contributed by atoms with Crippen LogP contribution in [0.25, 0.3) is 0 Å². The first-order valence-corrected chi connectivity index (χ1v) is 8.92. The van der Waals surface area contributed by atoms with Gasteiger partial charge in [0.1, 0.15) is 4.90 Å². The second kappa shape index (κ2) is 7.35. The van der Waals surface area contributed by atoms with Crippen LogP contribution < -0.4 is 10.0 Å². The van der Waals surface area contributed by atoms with Crippen molar-refractivity contribution in [1.82, 2.24) is 24.7 Å². The Bertz CT molecular complexity index is 537. The number of nitrogens with zero attached hydrogens (tertiary/aromatic N) is 3. The second-order valence-electron chi connectivity index (χ2n) is 5.49. The number of rotatable bonds is 8. The molecule has 1 aliphatic heterocycles. The summed E-state index contributed by atoms with van der Waals surface area (Å²) in [5, 5.41) is 7.08. The van der Waals surface area contributed by atoms with E-state index in [2.05, 4.69) is 27.0 Å². The standard InChI is InChI=1S/C13H25N5O2S/c1-12(17-6-3-4-7-17)9-16-21(19,20)13-10-15-18(11-13)8-5-14-2/h10-12,14,16H,3-9H2,1-2H3. The van der Waals surface area contributed by atoms with Gasteiger partial charge in [-0.1, -0.05) is 0 Å². The van der Waals surface area contributed by atoms with Crippen LogP contribution in [0.15, 0.2) is 17.3 Å². The average Bonchev–Trinajstić information content (AvgIpc) is 3.13. The molecule has 0 aliphatic carbocycles. The Kier molecular flexibility index (Phi) is 5.74. The second-order valence-corrected chi connectivity index (χ2v) is 7.25. The first-order chi connectivity index (χ1) is 10.0. The van der Waals surface area contributed by atoms with E-state index in [0.717, 1.165) is 19.6 Å². The van der Waals surface area contributed by atoms with Crippen molar-refractivity contribution in [3.63, 3.8) is 0 Å². The van der Waals surface area contributed by atoms with Gasteiger partial charge in [0.05, 0.1) is 12.7 Å². The van der Waals surface area contributed by atoms with E-state index in [4.69, 9.17) is 0 Å². The molecule has 0 spiro atoms. The van der Waals surface area contributed by atoms with Gasteiger partial charge in [-0.3, -0.25) is 9.58 Å². The molecule has 1 aromatic rings. The van der Waals surface area contributed by atoms with Crippen LogP contribution in [0.3, 0.4) is 0 Å². The Morgan fingerprint density at radius 2 is 2.10 bits per heavy atom. The van der Waals surface area contributed by atoms with E-state index < -0.39 is 10.0 Å². The smallest absolute Gasteiger partial charge is 0.243 e. The molecule has 7 nitrogen and oxygen atoms in total. The number of sulfonamides is 1. The van der Waals surface area contributed by atoms with E-state index >= 15 is 0 Å². The summed E-state index contributed by atoms with van der Waals surface area (Å²) >= 11 is 0. The van der Waals surface area contributed by atoms with Gasteiger partial charge in [0.2, 0.25) is 10.0 Å². The quantitative estimate of drug-likeness (QED) is 0.698.